The van der Waals surface area contributed by atoms with Crippen molar-refractivity contribution in [3.63, 3.8) is 0 Å². The second-order valence-electron chi connectivity index (χ2n) is 8.38. The summed E-state index contributed by atoms with van der Waals surface area (Å²) >= 11 is 5.93. The van der Waals surface area contributed by atoms with Crippen molar-refractivity contribution in [2.45, 2.75) is 18.3 Å². The van der Waals surface area contributed by atoms with Gasteiger partial charge >= 0.3 is 6.18 Å². The van der Waals surface area contributed by atoms with Crippen LogP contribution < -0.4 is 10.4 Å². The van der Waals surface area contributed by atoms with E-state index >= 15 is 0 Å². The van der Waals surface area contributed by atoms with Crippen molar-refractivity contribution in [2.75, 3.05) is 23.5 Å². The van der Waals surface area contributed by atoms with Crippen LogP contribution in [0, 0.1) is 5.92 Å². The normalized spacial score (nSPS) is 21.7. The predicted molar refractivity (Wildman–Crippen MR) is 126 cm³/mol. The highest BCUT2D eigenvalue weighted by Crippen LogP contribution is 2.46. The number of nitrogens with one attached hydrogen (secondary N) is 1. The number of likely N-dealkylation sites (tertiary alicyclic amines) is 1. The standard InChI is InChI=1S/C25H20ClF3N4O3/c26-18-13-16(25(27,28)29)14-31-22(18)30-11-12-32-23(34)19-20(15-7-3-1-4-8-15)33(36-21(19)24(32)35)17-9-5-2-6-10-17/h1-10,13-14,19-21H,11-12H2,(H,30,31)/t19-,20-,21-/m0/s1. The zero-order valence-electron chi connectivity index (χ0n) is 18.7. The number of hydroxylamine groups is 1. The molecule has 0 bridgehead atoms. The third kappa shape index (κ3) is 4.38. The van der Waals surface area contributed by atoms with E-state index in [0.29, 0.717) is 6.20 Å². The third-order valence-electron chi connectivity index (χ3n) is 6.15. The SMILES string of the molecule is O=C1[C@@H]2[C@H](ON(c3ccccc3)[C@H]2c2ccccc2)C(=O)N1CCNc1ncc(C(F)(F)F)cc1Cl. The second-order valence-corrected chi connectivity index (χ2v) is 8.78. The third-order valence-corrected chi connectivity index (χ3v) is 6.44. The summed E-state index contributed by atoms with van der Waals surface area (Å²) in [5, 5.41) is 4.19. The van der Waals surface area contributed by atoms with Gasteiger partial charge in [-0.25, -0.2) is 10.0 Å². The summed E-state index contributed by atoms with van der Waals surface area (Å²) in [6, 6.07) is 18.8. The van der Waals surface area contributed by atoms with E-state index in [1.165, 1.54) is 0 Å². The average molecular weight is 517 g/mol. The molecular weight excluding hydrogens is 497 g/mol. The molecule has 0 aliphatic carbocycles. The Kier molecular flexibility index (Phi) is 6.31. The first-order valence-corrected chi connectivity index (χ1v) is 11.5. The van der Waals surface area contributed by atoms with Gasteiger partial charge in [0.1, 0.15) is 11.7 Å². The molecule has 7 nitrogen and oxygen atoms in total. The maximum atomic E-state index is 13.4. The van der Waals surface area contributed by atoms with Crippen LogP contribution in [-0.4, -0.2) is 40.9 Å². The minimum absolute atomic E-state index is 0.0256. The molecule has 2 saturated heterocycles. The van der Waals surface area contributed by atoms with E-state index in [1.807, 2.05) is 60.7 Å². The van der Waals surface area contributed by atoms with E-state index in [0.717, 1.165) is 22.2 Å². The average Bonchev–Trinajstić information content (AvgIpc) is 3.37. The Labute approximate surface area is 209 Å². The smallest absolute Gasteiger partial charge is 0.367 e. The maximum Gasteiger partial charge on any atom is 0.417 e. The number of nitrogens with zero attached hydrogens (tertiary/aromatic N) is 3. The van der Waals surface area contributed by atoms with Crippen LogP contribution in [0.25, 0.3) is 0 Å². The van der Waals surface area contributed by atoms with Crippen molar-refractivity contribution in [3.05, 3.63) is 89.1 Å². The topological polar surface area (TPSA) is 74.8 Å². The number of alkyl halides is 3. The molecule has 11 heteroatoms. The quantitative estimate of drug-likeness (QED) is 0.478. The van der Waals surface area contributed by atoms with Gasteiger partial charge < -0.3 is 5.32 Å². The molecule has 2 aliphatic rings. The number of halogens is 4. The van der Waals surface area contributed by atoms with Crippen molar-refractivity contribution >= 4 is 34.9 Å². The van der Waals surface area contributed by atoms with Gasteiger partial charge in [0.05, 0.1) is 22.3 Å². The van der Waals surface area contributed by atoms with Crippen LogP contribution in [-0.2, 0) is 20.6 Å². The number of hydrogen-bond acceptors (Lipinski definition) is 6. The van der Waals surface area contributed by atoms with Gasteiger partial charge in [-0.15, -0.1) is 0 Å². The molecule has 0 radical (unpaired) electrons. The number of fused-ring (bicyclic) bond motifs is 1. The fourth-order valence-electron chi connectivity index (χ4n) is 4.49. The number of benzene rings is 2. The van der Waals surface area contributed by atoms with Gasteiger partial charge in [0.2, 0.25) is 5.91 Å². The van der Waals surface area contributed by atoms with Crippen LogP contribution in [0.5, 0.6) is 0 Å². The number of hydrogen-bond donors (Lipinski definition) is 1. The summed E-state index contributed by atoms with van der Waals surface area (Å²) in [6.45, 7) is 0.0211. The summed E-state index contributed by atoms with van der Waals surface area (Å²) in [6.07, 6.45) is -4.89. The van der Waals surface area contributed by atoms with Crippen LogP contribution in [0.3, 0.4) is 0 Å². The maximum absolute atomic E-state index is 13.4. The van der Waals surface area contributed by atoms with Crippen molar-refractivity contribution in [3.8, 4) is 0 Å². The molecule has 3 heterocycles. The van der Waals surface area contributed by atoms with E-state index < -0.39 is 35.7 Å². The number of carbonyl (C=O) groups is 2. The zero-order valence-corrected chi connectivity index (χ0v) is 19.4. The molecule has 0 saturated carbocycles. The molecule has 3 aromatic rings. The largest absolute Gasteiger partial charge is 0.417 e. The highest BCUT2D eigenvalue weighted by atomic mass is 35.5. The molecule has 0 spiro atoms. The fraction of sp³-hybridized carbons (Fsp3) is 0.240. The summed E-state index contributed by atoms with van der Waals surface area (Å²) < 4.78 is 38.5. The highest BCUT2D eigenvalue weighted by Gasteiger charge is 2.59. The molecule has 1 aromatic heterocycles. The zero-order chi connectivity index (χ0) is 25.4. The first kappa shape index (κ1) is 24.1. The lowest BCUT2D eigenvalue weighted by atomic mass is 9.90. The molecule has 2 amide bonds. The lowest BCUT2D eigenvalue weighted by Crippen LogP contribution is -2.39. The summed E-state index contributed by atoms with van der Waals surface area (Å²) in [7, 11) is 0. The van der Waals surface area contributed by atoms with E-state index in [1.54, 1.807) is 5.06 Å². The van der Waals surface area contributed by atoms with Gasteiger partial charge in [-0.3, -0.25) is 19.3 Å². The van der Waals surface area contributed by atoms with Gasteiger partial charge in [0, 0.05) is 19.3 Å². The van der Waals surface area contributed by atoms with Crippen LogP contribution >= 0.6 is 11.6 Å². The molecule has 186 valence electrons. The number of aromatic nitrogens is 1. The molecule has 36 heavy (non-hydrogen) atoms. The molecule has 3 atom stereocenters. The van der Waals surface area contributed by atoms with Gasteiger partial charge in [-0.2, -0.15) is 13.2 Å². The van der Waals surface area contributed by atoms with E-state index in [9.17, 15) is 22.8 Å². The van der Waals surface area contributed by atoms with Crippen LogP contribution in [0.15, 0.2) is 72.9 Å². The minimum atomic E-state index is -4.57. The Hall–Kier alpha value is -3.63. The molecule has 2 fully saturated rings. The Morgan fingerprint density at radius 2 is 1.67 bits per heavy atom. The number of pyridine rings is 1. The Bertz CT molecular complexity index is 1280. The van der Waals surface area contributed by atoms with Crippen molar-refractivity contribution in [2.24, 2.45) is 5.92 Å². The molecule has 0 unspecified atom stereocenters. The van der Waals surface area contributed by atoms with Crippen molar-refractivity contribution in [1.82, 2.24) is 9.88 Å². The monoisotopic (exact) mass is 516 g/mol. The first-order chi connectivity index (χ1) is 17.3. The van der Waals surface area contributed by atoms with E-state index in [-0.39, 0.29) is 29.8 Å². The molecule has 1 N–H and O–H groups in total. The van der Waals surface area contributed by atoms with Gasteiger partial charge in [0.25, 0.3) is 5.91 Å². The Balaban J connectivity index is 1.33. The predicted octanol–water partition coefficient (Wildman–Crippen LogP) is 4.71. The molecule has 5 rings (SSSR count). The number of anilines is 2. The van der Waals surface area contributed by atoms with Crippen molar-refractivity contribution in [1.29, 1.82) is 0 Å². The molecule has 2 aliphatic heterocycles. The van der Waals surface area contributed by atoms with Crippen molar-refractivity contribution < 1.29 is 27.6 Å². The summed E-state index contributed by atoms with van der Waals surface area (Å²) in [4.78, 5) is 37.5. The summed E-state index contributed by atoms with van der Waals surface area (Å²) in [5.74, 6) is -1.59. The minimum Gasteiger partial charge on any atom is -0.367 e. The summed E-state index contributed by atoms with van der Waals surface area (Å²) in [5.41, 5.74) is 0.580. The van der Waals surface area contributed by atoms with Crippen LogP contribution in [0.1, 0.15) is 17.2 Å². The lowest BCUT2D eigenvalue weighted by molar-refractivity contribution is -0.143. The fourth-order valence-corrected chi connectivity index (χ4v) is 4.72. The highest BCUT2D eigenvalue weighted by molar-refractivity contribution is 6.33. The van der Waals surface area contributed by atoms with Crippen LogP contribution in [0.4, 0.5) is 24.7 Å². The number of para-hydroxylation sites is 1. The molecule has 2 aromatic carbocycles. The Morgan fingerprint density at radius 1 is 1.00 bits per heavy atom. The van der Waals surface area contributed by atoms with Gasteiger partial charge in [0.15, 0.2) is 6.10 Å². The van der Waals surface area contributed by atoms with E-state index in [2.05, 4.69) is 10.3 Å². The number of amides is 2. The van der Waals surface area contributed by atoms with Gasteiger partial charge in [-0.1, -0.05) is 60.1 Å². The lowest BCUT2D eigenvalue weighted by Gasteiger charge is -2.28. The number of imide groups is 1. The van der Waals surface area contributed by atoms with E-state index in [4.69, 9.17) is 16.4 Å². The number of carbonyl (C=O) groups excluding carboxylic acids is 2. The first-order valence-electron chi connectivity index (χ1n) is 11.1. The Morgan fingerprint density at radius 3 is 2.31 bits per heavy atom. The number of rotatable bonds is 6. The van der Waals surface area contributed by atoms with Gasteiger partial charge in [-0.05, 0) is 23.8 Å². The second kappa shape index (κ2) is 9.44. The molecular formula is C25H20ClF3N4O3. The van der Waals surface area contributed by atoms with Crippen LogP contribution in [0.2, 0.25) is 5.02 Å².